The molecule has 1 aliphatic rings. The highest BCUT2D eigenvalue weighted by atomic mass is 32.1. The van der Waals surface area contributed by atoms with Gasteiger partial charge in [-0.05, 0) is 13.8 Å². The monoisotopic (exact) mass is 271 g/mol. The minimum Gasteiger partial charge on any atom is -0.377 e. The second kappa shape index (κ2) is 5.49. The fourth-order valence-electron chi connectivity index (χ4n) is 1.77. The van der Waals surface area contributed by atoms with E-state index in [1.54, 1.807) is 0 Å². The molecule has 0 saturated carbocycles. The molecule has 0 aromatic carbocycles. The number of nitrogens with one attached hydrogen (secondary N) is 1. The number of carbonyl (C=O) groups excluding carboxylic acids is 1. The molecular weight excluding hydrogens is 254 g/mol. The summed E-state index contributed by atoms with van der Waals surface area (Å²) in [5.41, 5.74) is 5.52. The zero-order valence-corrected chi connectivity index (χ0v) is 11.2. The van der Waals surface area contributed by atoms with E-state index in [2.05, 4.69) is 14.7 Å². The van der Waals surface area contributed by atoms with Crippen LogP contribution in [0.15, 0.2) is 0 Å². The maximum Gasteiger partial charge on any atom is 0.245 e. The fraction of sp³-hybridized carbons (Fsp3) is 0.700. The molecule has 1 amide bonds. The van der Waals surface area contributed by atoms with Crippen LogP contribution in [0.4, 0.5) is 11.1 Å². The zero-order chi connectivity index (χ0) is 13.1. The fourth-order valence-corrected chi connectivity index (χ4v) is 2.45. The second-order valence-corrected chi connectivity index (χ2v) is 5.11. The molecule has 0 radical (unpaired) electrons. The molecule has 18 heavy (non-hydrogen) atoms. The van der Waals surface area contributed by atoms with Crippen LogP contribution in [0.3, 0.4) is 0 Å². The number of hydrogen-bond acceptors (Lipinski definition) is 7. The van der Waals surface area contributed by atoms with E-state index in [0.717, 1.165) is 0 Å². The Balaban J connectivity index is 2.13. The molecule has 0 bridgehead atoms. The van der Waals surface area contributed by atoms with Crippen molar-refractivity contribution in [2.45, 2.75) is 25.9 Å². The van der Waals surface area contributed by atoms with Crippen LogP contribution in [-0.2, 0) is 9.53 Å². The van der Waals surface area contributed by atoms with E-state index in [0.29, 0.717) is 24.9 Å². The number of ether oxygens (including phenoxy) is 1. The summed E-state index contributed by atoms with van der Waals surface area (Å²) >= 11 is 1.20. The van der Waals surface area contributed by atoms with Crippen molar-refractivity contribution in [2.24, 2.45) is 0 Å². The third-order valence-corrected chi connectivity index (χ3v) is 3.31. The van der Waals surface area contributed by atoms with Gasteiger partial charge >= 0.3 is 0 Å². The lowest BCUT2D eigenvalue weighted by molar-refractivity contribution is -0.125. The predicted octanol–water partition coefficient (Wildman–Crippen LogP) is -0.150. The van der Waals surface area contributed by atoms with Gasteiger partial charge in [-0.1, -0.05) is 0 Å². The largest absolute Gasteiger partial charge is 0.377 e. The molecular formula is C10H17N5O2S. The number of morpholine rings is 1. The Morgan fingerprint density at radius 1 is 1.67 bits per heavy atom. The van der Waals surface area contributed by atoms with Crippen LogP contribution in [0.5, 0.6) is 0 Å². The van der Waals surface area contributed by atoms with E-state index in [-0.39, 0.29) is 23.9 Å². The van der Waals surface area contributed by atoms with Gasteiger partial charge in [-0.2, -0.15) is 9.36 Å². The highest BCUT2D eigenvalue weighted by Gasteiger charge is 2.31. The number of amides is 1. The Morgan fingerprint density at radius 2 is 2.44 bits per heavy atom. The van der Waals surface area contributed by atoms with Crippen LogP contribution in [-0.4, -0.2) is 47.1 Å². The molecule has 0 aliphatic carbocycles. The molecule has 1 saturated heterocycles. The van der Waals surface area contributed by atoms with Gasteiger partial charge in [0.2, 0.25) is 17.0 Å². The first-order chi connectivity index (χ1) is 8.58. The Bertz CT molecular complexity index is 422. The molecule has 2 heterocycles. The maximum atomic E-state index is 12.1. The Kier molecular flexibility index (Phi) is 3.97. The van der Waals surface area contributed by atoms with Crippen LogP contribution in [0, 0.1) is 0 Å². The first-order valence-corrected chi connectivity index (χ1v) is 6.59. The molecule has 1 atom stereocenters. The van der Waals surface area contributed by atoms with Crippen molar-refractivity contribution in [3.8, 4) is 0 Å². The van der Waals surface area contributed by atoms with E-state index < -0.39 is 0 Å². The minimum atomic E-state index is -0.367. The van der Waals surface area contributed by atoms with Crippen molar-refractivity contribution < 1.29 is 9.53 Å². The van der Waals surface area contributed by atoms with Crippen LogP contribution in [0.2, 0.25) is 0 Å². The molecule has 1 aliphatic heterocycles. The molecule has 100 valence electrons. The van der Waals surface area contributed by atoms with Crippen LogP contribution < -0.4 is 16.0 Å². The molecule has 1 aromatic rings. The van der Waals surface area contributed by atoms with Gasteiger partial charge in [-0.3, -0.25) is 4.79 Å². The van der Waals surface area contributed by atoms with Crippen molar-refractivity contribution in [1.82, 2.24) is 14.7 Å². The normalized spacial score (nSPS) is 20.2. The van der Waals surface area contributed by atoms with Crippen LogP contribution in [0.25, 0.3) is 0 Å². The number of nitrogens with two attached hydrogens (primary N) is 1. The number of hydrogen-bond donors (Lipinski definition) is 2. The molecule has 8 heteroatoms. The van der Waals surface area contributed by atoms with E-state index in [1.165, 1.54) is 11.5 Å². The van der Waals surface area contributed by atoms with Gasteiger partial charge in [0.05, 0.1) is 13.2 Å². The average Bonchev–Trinajstić information content (AvgIpc) is 2.75. The molecule has 7 nitrogen and oxygen atoms in total. The quantitative estimate of drug-likeness (QED) is 0.794. The smallest absolute Gasteiger partial charge is 0.245 e. The van der Waals surface area contributed by atoms with Crippen molar-refractivity contribution >= 4 is 28.5 Å². The first-order valence-electron chi connectivity index (χ1n) is 5.82. The SMILES string of the molecule is CC(C)NC(=O)C1COCCN1c1nc(N)ns1. The van der Waals surface area contributed by atoms with Crippen molar-refractivity contribution in [3.63, 3.8) is 0 Å². The summed E-state index contributed by atoms with van der Waals surface area (Å²) in [4.78, 5) is 18.1. The summed E-state index contributed by atoms with van der Waals surface area (Å²) in [6.07, 6.45) is 0. The average molecular weight is 271 g/mol. The van der Waals surface area contributed by atoms with Gasteiger partial charge in [-0.25, -0.2) is 0 Å². The Labute approximate surface area is 109 Å². The summed E-state index contributed by atoms with van der Waals surface area (Å²) < 4.78 is 9.31. The van der Waals surface area contributed by atoms with Crippen molar-refractivity contribution in [2.75, 3.05) is 30.4 Å². The van der Waals surface area contributed by atoms with E-state index >= 15 is 0 Å². The summed E-state index contributed by atoms with van der Waals surface area (Å²) in [6, 6.07) is -0.269. The predicted molar refractivity (Wildman–Crippen MR) is 69.6 cm³/mol. The number of aromatic nitrogens is 2. The Morgan fingerprint density at radius 3 is 3.06 bits per heavy atom. The highest BCUT2D eigenvalue weighted by Crippen LogP contribution is 2.22. The van der Waals surface area contributed by atoms with Crippen LogP contribution in [0.1, 0.15) is 13.8 Å². The second-order valence-electron chi connectivity index (χ2n) is 4.38. The third kappa shape index (κ3) is 2.88. The Hall–Kier alpha value is -1.41. The van der Waals surface area contributed by atoms with Crippen molar-refractivity contribution in [3.05, 3.63) is 0 Å². The van der Waals surface area contributed by atoms with E-state index in [1.807, 2.05) is 18.7 Å². The van der Waals surface area contributed by atoms with Gasteiger partial charge in [0, 0.05) is 24.1 Å². The zero-order valence-electron chi connectivity index (χ0n) is 10.4. The highest BCUT2D eigenvalue weighted by molar-refractivity contribution is 7.09. The van der Waals surface area contributed by atoms with Gasteiger partial charge in [0.1, 0.15) is 6.04 Å². The lowest BCUT2D eigenvalue weighted by Gasteiger charge is -2.34. The van der Waals surface area contributed by atoms with Crippen molar-refractivity contribution in [1.29, 1.82) is 0 Å². The third-order valence-electron chi connectivity index (χ3n) is 2.54. The standard InChI is InChI=1S/C10H17N5O2S/c1-6(2)12-8(16)7-5-17-4-3-15(7)10-13-9(11)14-18-10/h6-7H,3-5H2,1-2H3,(H2,11,14)(H,12,16). The van der Waals surface area contributed by atoms with E-state index in [4.69, 9.17) is 10.5 Å². The molecule has 0 spiro atoms. The number of nitrogen functional groups attached to an aromatic ring is 1. The number of rotatable bonds is 3. The topological polar surface area (TPSA) is 93.4 Å². The molecule has 1 aromatic heterocycles. The summed E-state index contributed by atoms with van der Waals surface area (Å²) in [7, 11) is 0. The van der Waals surface area contributed by atoms with Crippen LogP contribution >= 0.6 is 11.5 Å². The molecule has 1 fully saturated rings. The van der Waals surface area contributed by atoms with Gasteiger partial charge < -0.3 is 20.7 Å². The minimum absolute atomic E-state index is 0.0570. The van der Waals surface area contributed by atoms with E-state index in [9.17, 15) is 4.79 Å². The molecule has 3 N–H and O–H groups in total. The summed E-state index contributed by atoms with van der Waals surface area (Å²) in [5.74, 6) is 0.183. The van der Waals surface area contributed by atoms with Gasteiger partial charge in [-0.15, -0.1) is 0 Å². The lowest BCUT2D eigenvalue weighted by atomic mass is 10.2. The van der Waals surface area contributed by atoms with Gasteiger partial charge in [0.25, 0.3) is 0 Å². The summed E-state index contributed by atoms with van der Waals surface area (Å²) in [5, 5.41) is 3.55. The number of nitrogens with zero attached hydrogens (tertiary/aromatic N) is 3. The maximum absolute atomic E-state index is 12.1. The number of anilines is 2. The summed E-state index contributed by atoms with van der Waals surface area (Å²) in [6.45, 7) is 5.40. The number of carbonyl (C=O) groups is 1. The van der Waals surface area contributed by atoms with Gasteiger partial charge in [0.15, 0.2) is 0 Å². The first kappa shape index (κ1) is 13.0. The molecule has 2 rings (SSSR count). The molecule has 1 unspecified atom stereocenters. The lowest BCUT2D eigenvalue weighted by Crippen LogP contribution is -2.55.